The fourth-order valence-corrected chi connectivity index (χ4v) is 3.76. The fraction of sp³-hybridized carbons (Fsp3) is 0.647. The molecule has 1 N–H and O–H groups in total. The highest BCUT2D eigenvalue weighted by Crippen LogP contribution is 2.37. The molecule has 1 saturated heterocycles. The Morgan fingerprint density at radius 3 is 2.70 bits per heavy atom. The molecule has 3 heteroatoms. The van der Waals surface area contributed by atoms with E-state index in [9.17, 15) is 0 Å². The lowest BCUT2D eigenvalue weighted by Crippen LogP contribution is -2.46. The van der Waals surface area contributed by atoms with Gasteiger partial charge in [-0.1, -0.05) is 30.7 Å². The molecule has 0 amide bonds. The number of nitrogens with zero attached hydrogens (tertiary/aromatic N) is 1. The average molecular weight is 293 g/mol. The second-order valence-corrected chi connectivity index (χ2v) is 6.69. The van der Waals surface area contributed by atoms with E-state index in [2.05, 4.69) is 29.3 Å². The Labute approximate surface area is 127 Å². The summed E-state index contributed by atoms with van der Waals surface area (Å²) >= 11 is 5.94. The molecule has 0 bridgehead atoms. The maximum Gasteiger partial charge on any atom is 0.0406 e. The van der Waals surface area contributed by atoms with E-state index >= 15 is 0 Å². The Bertz CT molecular complexity index is 425. The first-order valence-corrected chi connectivity index (χ1v) is 8.37. The van der Waals surface area contributed by atoms with E-state index in [4.69, 9.17) is 11.6 Å². The van der Waals surface area contributed by atoms with Gasteiger partial charge in [0.15, 0.2) is 0 Å². The summed E-state index contributed by atoms with van der Waals surface area (Å²) < 4.78 is 0. The molecular weight excluding hydrogens is 268 g/mol. The van der Waals surface area contributed by atoms with Crippen LogP contribution in [-0.4, -0.2) is 36.6 Å². The normalized spacial score (nSPS) is 30.4. The molecule has 1 heterocycles. The number of halogens is 1. The van der Waals surface area contributed by atoms with E-state index in [0.29, 0.717) is 0 Å². The molecule has 3 rings (SSSR count). The number of hydrogen-bond donors (Lipinski definition) is 1. The number of rotatable bonds is 5. The van der Waals surface area contributed by atoms with Crippen molar-refractivity contribution in [1.29, 1.82) is 0 Å². The molecule has 1 atom stereocenters. The minimum Gasteiger partial charge on any atom is -0.312 e. The van der Waals surface area contributed by atoms with Crippen LogP contribution in [0.2, 0.25) is 5.02 Å². The Morgan fingerprint density at radius 1 is 1.25 bits per heavy atom. The monoisotopic (exact) mass is 292 g/mol. The van der Waals surface area contributed by atoms with E-state index in [-0.39, 0.29) is 0 Å². The molecule has 1 aliphatic heterocycles. The Morgan fingerprint density at radius 2 is 2.00 bits per heavy atom. The Hall–Kier alpha value is -0.570. The van der Waals surface area contributed by atoms with Crippen LogP contribution in [0, 0.1) is 0 Å². The molecule has 1 aliphatic carbocycles. The standard InChI is InChI=1S/C17H25ClN2/c1-2-20-9-3-4-17(20)12-19-16-10-14(11-16)13-5-7-15(18)8-6-13/h5-8,14,16-17,19H,2-4,9-12H2,1H3. The van der Waals surface area contributed by atoms with Gasteiger partial charge in [-0.2, -0.15) is 0 Å². The molecule has 1 saturated carbocycles. The van der Waals surface area contributed by atoms with E-state index in [1.165, 1.54) is 50.9 Å². The van der Waals surface area contributed by atoms with E-state index < -0.39 is 0 Å². The van der Waals surface area contributed by atoms with Crippen molar-refractivity contribution in [3.63, 3.8) is 0 Å². The highest BCUT2D eigenvalue weighted by molar-refractivity contribution is 6.30. The van der Waals surface area contributed by atoms with Crippen molar-refractivity contribution in [2.45, 2.75) is 50.6 Å². The number of benzene rings is 1. The van der Waals surface area contributed by atoms with Crippen LogP contribution in [-0.2, 0) is 0 Å². The summed E-state index contributed by atoms with van der Waals surface area (Å²) in [6.07, 6.45) is 5.30. The van der Waals surface area contributed by atoms with Gasteiger partial charge in [0.05, 0.1) is 0 Å². The van der Waals surface area contributed by atoms with Crippen molar-refractivity contribution in [3.05, 3.63) is 34.9 Å². The van der Waals surface area contributed by atoms with E-state index in [0.717, 1.165) is 23.0 Å². The van der Waals surface area contributed by atoms with Crippen LogP contribution in [0.3, 0.4) is 0 Å². The summed E-state index contributed by atoms with van der Waals surface area (Å²) in [6.45, 7) is 5.94. The molecule has 0 aromatic heterocycles. The van der Waals surface area contributed by atoms with Crippen molar-refractivity contribution >= 4 is 11.6 Å². The van der Waals surface area contributed by atoms with Gasteiger partial charge in [-0.05, 0) is 62.4 Å². The van der Waals surface area contributed by atoms with E-state index in [1.54, 1.807) is 0 Å². The van der Waals surface area contributed by atoms with Crippen LogP contribution < -0.4 is 5.32 Å². The number of likely N-dealkylation sites (N-methyl/N-ethyl adjacent to an activating group) is 1. The van der Waals surface area contributed by atoms with Crippen LogP contribution in [0.4, 0.5) is 0 Å². The molecule has 110 valence electrons. The van der Waals surface area contributed by atoms with Crippen LogP contribution in [0.5, 0.6) is 0 Å². The zero-order chi connectivity index (χ0) is 13.9. The highest BCUT2D eigenvalue weighted by Gasteiger charge is 2.31. The minimum absolute atomic E-state index is 0.718. The summed E-state index contributed by atoms with van der Waals surface area (Å²) in [5.41, 5.74) is 1.45. The van der Waals surface area contributed by atoms with Gasteiger partial charge in [-0.25, -0.2) is 0 Å². The first-order chi connectivity index (χ1) is 9.76. The third-order valence-corrected chi connectivity index (χ3v) is 5.28. The van der Waals surface area contributed by atoms with Gasteiger partial charge in [0.1, 0.15) is 0 Å². The van der Waals surface area contributed by atoms with Crippen molar-refractivity contribution in [1.82, 2.24) is 10.2 Å². The second-order valence-electron chi connectivity index (χ2n) is 6.25. The average Bonchev–Trinajstić information content (AvgIpc) is 2.86. The topological polar surface area (TPSA) is 15.3 Å². The molecule has 0 spiro atoms. The predicted octanol–water partition coefficient (Wildman–Crippen LogP) is 3.66. The van der Waals surface area contributed by atoms with Crippen molar-refractivity contribution in [3.8, 4) is 0 Å². The largest absolute Gasteiger partial charge is 0.312 e. The van der Waals surface area contributed by atoms with Gasteiger partial charge in [-0.3, -0.25) is 4.90 Å². The molecule has 2 fully saturated rings. The molecule has 2 aliphatic rings. The lowest BCUT2D eigenvalue weighted by Gasteiger charge is -2.37. The third-order valence-electron chi connectivity index (χ3n) is 5.03. The molecule has 2 nitrogen and oxygen atoms in total. The number of nitrogens with one attached hydrogen (secondary N) is 1. The van der Waals surface area contributed by atoms with Crippen LogP contribution in [0.1, 0.15) is 44.1 Å². The third kappa shape index (κ3) is 3.19. The smallest absolute Gasteiger partial charge is 0.0406 e. The zero-order valence-corrected chi connectivity index (χ0v) is 13.1. The molecule has 1 unspecified atom stereocenters. The summed E-state index contributed by atoms with van der Waals surface area (Å²) in [6, 6.07) is 9.87. The SMILES string of the molecule is CCN1CCCC1CNC1CC(c2ccc(Cl)cc2)C1. The maximum absolute atomic E-state index is 5.94. The lowest BCUT2D eigenvalue weighted by atomic mass is 9.76. The molecule has 1 aromatic rings. The second kappa shape index (κ2) is 6.46. The fourth-order valence-electron chi connectivity index (χ4n) is 3.64. The van der Waals surface area contributed by atoms with Crippen LogP contribution in [0.25, 0.3) is 0 Å². The van der Waals surface area contributed by atoms with Crippen molar-refractivity contribution in [2.75, 3.05) is 19.6 Å². The lowest BCUT2D eigenvalue weighted by molar-refractivity contribution is 0.225. The summed E-state index contributed by atoms with van der Waals surface area (Å²) in [7, 11) is 0. The summed E-state index contributed by atoms with van der Waals surface area (Å²) in [4.78, 5) is 2.61. The Balaban J connectivity index is 1.41. The van der Waals surface area contributed by atoms with Gasteiger partial charge in [0, 0.05) is 23.7 Å². The van der Waals surface area contributed by atoms with Crippen molar-refractivity contribution < 1.29 is 0 Å². The predicted molar refractivity (Wildman–Crippen MR) is 85.5 cm³/mol. The van der Waals surface area contributed by atoms with Gasteiger partial charge in [0.25, 0.3) is 0 Å². The first kappa shape index (κ1) is 14.4. The summed E-state index contributed by atoms with van der Waals surface area (Å²) in [5.74, 6) is 0.732. The van der Waals surface area contributed by atoms with Crippen molar-refractivity contribution in [2.24, 2.45) is 0 Å². The van der Waals surface area contributed by atoms with Gasteiger partial charge < -0.3 is 5.32 Å². The number of likely N-dealkylation sites (tertiary alicyclic amines) is 1. The molecular formula is C17H25ClN2. The number of hydrogen-bond acceptors (Lipinski definition) is 2. The Kier molecular flexibility index (Phi) is 4.65. The highest BCUT2D eigenvalue weighted by atomic mass is 35.5. The van der Waals surface area contributed by atoms with Crippen LogP contribution >= 0.6 is 11.6 Å². The van der Waals surface area contributed by atoms with Crippen LogP contribution in [0.15, 0.2) is 24.3 Å². The molecule has 0 radical (unpaired) electrons. The van der Waals surface area contributed by atoms with Gasteiger partial charge >= 0.3 is 0 Å². The first-order valence-electron chi connectivity index (χ1n) is 7.99. The molecule has 1 aromatic carbocycles. The molecule has 20 heavy (non-hydrogen) atoms. The van der Waals surface area contributed by atoms with E-state index in [1.807, 2.05) is 12.1 Å². The maximum atomic E-state index is 5.94. The van der Waals surface area contributed by atoms with Gasteiger partial charge in [0.2, 0.25) is 0 Å². The summed E-state index contributed by atoms with van der Waals surface area (Å²) in [5, 5.41) is 4.61. The quantitative estimate of drug-likeness (QED) is 0.891. The minimum atomic E-state index is 0.718. The zero-order valence-electron chi connectivity index (χ0n) is 12.3. The van der Waals surface area contributed by atoms with Gasteiger partial charge in [-0.15, -0.1) is 0 Å².